The van der Waals surface area contributed by atoms with E-state index in [0.717, 1.165) is 4.47 Å². The fraction of sp³-hybridized carbons (Fsp3) is 0. The van der Waals surface area contributed by atoms with Crippen LogP contribution in [0.2, 0.25) is 10.0 Å². The van der Waals surface area contributed by atoms with Crippen LogP contribution < -0.4 is 5.43 Å². The third-order valence-electron chi connectivity index (χ3n) is 2.51. The standard InChI is InChI=1S/C14H9BrCl2N2O2/c15-10-3-1-2-8(4-10)14(21)19-18-7-9-5-11(16)6-12(17)13(9)20/h1-7,20H,(H,19,21)/b18-7+. The number of carbonyl (C=O) groups is 1. The van der Waals surface area contributed by atoms with E-state index < -0.39 is 0 Å². The summed E-state index contributed by atoms with van der Waals surface area (Å²) in [5.41, 5.74) is 3.11. The molecular weight excluding hydrogens is 379 g/mol. The number of hydrazone groups is 1. The quantitative estimate of drug-likeness (QED) is 0.611. The first-order chi connectivity index (χ1) is 9.97. The summed E-state index contributed by atoms with van der Waals surface area (Å²) in [5.74, 6) is -0.526. The molecule has 21 heavy (non-hydrogen) atoms. The van der Waals surface area contributed by atoms with Gasteiger partial charge in [0, 0.05) is 20.6 Å². The number of phenols is 1. The molecule has 0 radical (unpaired) electrons. The van der Waals surface area contributed by atoms with Gasteiger partial charge in [0.2, 0.25) is 0 Å². The van der Waals surface area contributed by atoms with Gasteiger partial charge in [-0.3, -0.25) is 4.79 Å². The number of hydrogen-bond donors (Lipinski definition) is 2. The van der Waals surface area contributed by atoms with Crippen LogP contribution in [0.15, 0.2) is 46.0 Å². The van der Waals surface area contributed by atoms with Crippen LogP contribution in [0.5, 0.6) is 5.75 Å². The minimum Gasteiger partial charge on any atom is -0.506 e. The first-order valence-corrected chi connectivity index (χ1v) is 7.29. The molecule has 0 unspecified atom stereocenters. The van der Waals surface area contributed by atoms with Gasteiger partial charge in [-0.2, -0.15) is 5.10 Å². The number of phenolic OH excluding ortho intramolecular Hbond substituents is 1. The lowest BCUT2D eigenvalue weighted by molar-refractivity contribution is 0.0955. The van der Waals surface area contributed by atoms with Crippen molar-refractivity contribution < 1.29 is 9.90 Å². The Bertz CT molecular complexity index is 720. The van der Waals surface area contributed by atoms with Crippen molar-refractivity contribution in [2.75, 3.05) is 0 Å². The lowest BCUT2D eigenvalue weighted by Crippen LogP contribution is -2.17. The number of carbonyl (C=O) groups excluding carboxylic acids is 1. The smallest absolute Gasteiger partial charge is 0.271 e. The maximum absolute atomic E-state index is 11.8. The summed E-state index contributed by atoms with van der Waals surface area (Å²) in [6, 6.07) is 9.77. The Morgan fingerprint density at radius 3 is 2.76 bits per heavy atom. The highest BCUT2D eigenvalue weighted by molar-refractivity contribution is 9.10. The SMILES string of the molecule is O=C(N/N=C/c1cc(Cl)cc(Cl)c1O)c1cccc(Br)c1. The van der Waals surface area contributed by atoms with Gasteiger partial charge in [-0.1, -0.05) is 45.2 Å². The van der Waals surface area contributed by atoms with Crippen LogP contribution in [0.4, 0.5) is 0 Å². The molecule has 2 N–H and O–H groups in total. The van der Waals surface area contributed by atoms with E-state index >= 15 is 0 Å². The summed E-state index contributed by atoms with van der Waals surface area (Å²) in [6.45, 7) is 0. The monoisotopic (exact) mass is 386 g/mol. The molecule has 2 aromatic rings. The first-order valence-electron chi connectivity index (χ1n) is 5.74. The molecule has 0 saturated carbocycles. The van der Waals surface area contributed by atoms with E-state index in [0.29, 0.717) is 16.1 Å². The largest absolute Gasteiger partial charge is 0.506 e. The number of rotatable bonds is 3. The maximum Gasteiger partial charge on any atom is 0.271 e. The van der Waals surface area contributed by atoms with Gasteiger partial charge in [0.25, 0.3) is 5.91 Å². The van der Waals surface area contributed by atoms with Crippen molar-refractivity contribution in [3.05, 3.63) is 62.0 Å². The van der Waals surface area contributed by atoms with Crippen LogP contribution in [0.25, 0.3) is 0 Å². The van der Waals surface area contributed by atoms with Crippen LogP contribution in [0.1, 0.15) is 15.9 Å². The fourth-order valence-electron chi connectivity index (χ4n) is 1.54. The summed E-state index contributed by atoms with van der Waals surface area (Å²) < 4.78 is 0.790. The molecule has 0 aliphatic rings. The van der Waals surface area contributed by atoms with Crippen LogP contribution in [0.3, 0.4) is 0 Å². The van der Waals surface area contributed by atoms with Gasteiger partial charge >= 0.3 is 0 Å². The topological polar surface area (TPSA) is 61.7 Å². The van der Waals surface area contributed by atoms with Gasteiger partial charge in [-0.15, -0.1) is 0 Å². The first kappa shape index (κ1) is 15.8. The van der Waals surface area contributed by atoms with E-state index in [1.165, 1.54) is 18.3 Å². The van der Waals surface area contributed by atoms with Crippen molar-refractivity contribution >= 4 is 51.3 Å². The van der Waals surface area contributed by atoms with Crippen molar-refractivity contribution in [1.82, 2.24) is 5.43 Å². The predicted octanol–water partition coefficient (Wildman–Crippen LogP) is 4.23. The summed E-state index contributed by atoms with van der Waals surface area (Å²) in [6.07, 6.45) is 1.27. The highest BCUT2D eigenvalue weighted by Crippen LogP contribution is 2.29. The second-order valence-corrected chi connectivity index (χ2v) is 5.79. The van der Waals surface area contributed by atoms with E-state index in [4.69, 9.17) is 23.2 Å². The average Bonchev–Trinajstić information content (AvgIpc) is 2.43. The highest BCUT2D eigenvalue weighted by atomic mass is 79.9. The predicted molar refractivity (Wildman–Crippen MR) is 87.3 cm³/mol. The molecule has 0 aliphatic heterocycles. The van der Waals surface area contributed by atoms with Crippen LogP contribution in [-0.2, 0) is 0 Å². The Kier molecular flexibility index (Phi) is 5.22. The normalized spacial score (nSPS) is 10.8. The molecule has 0 saturated heterocycles. The van der Waals surface area contributed by atoms with E-state index in [1.54, 1.807) is 18.2 Å². The molecule has 0 atom stereocenters. The van der Waals surface area contributed by atoms with Crippen LogP contribution in [0, 0.1) is 0 Å². The third-order valence-corrected chi connectivity index (χ3v) is 3.51. The zero-order valence-corrected chi connectivity index (χ0v) is 13.6. The molecule has 7 heteroatoms. The number of benzene rings is 2. The molecule has 2 rings (SSSR count). The highest BCUT2D eigenvalue weighted by Gasteiger charge is 2.07. The van der Waals surface area contributed by atoms with Gasteiger partial charge in [0.05, 0.1) is 11.2 Å². The van der Waals surface area contributed by atoms with Gasteiger partial charge < -0.3 is 5.11 Å². The summed E-state index contributed by atoms with van der Waals surface area (Å²) in [5, 5.41) is 14.0. The molecule has 0 bridgehead atoms. The van der Waals surface area contributed by atoms with Crippen molar-refractivity contribution in [2.45, 2.75) is 0 Å². The van der Waals surface area contributed by atoms with Crippen molar-refractivity contribution in [3.8, 4) is 5.75 Å². The van der Waals surface area contributed by atoms with Gasteiger partial charge in [0.1, 0.15) is 5.75 Å². The van der Waals surface area contributed by atoms with Crippen LogP contribution >= 0.6 is 39.1 Å². The van der Waals surface area contributed by atoms with Crippen molar-refractivity contribution in [3.63, 3.8) is 0 Å². The van der Waals surface area contributed by atoms with E-state index in [-0.39, 0.29) is 16.7 Å². The molecule has 1 amide bonds. The lowest BCUT2D eigenvalue weighted by Gasteiger charge is -2.03. The molecule has 0 spiro atoms. The molecule has 4 nitrogen and oxygen atoms in total. The minimum absolute atomic E-state index is 0.113. The summed E-state index contributed by atoms with van der Waals surface area (Å²) >= 11 is 14.9. The molecule has 0 aromatic heterocycles. The number of amides is 1. The summed E-state index contributed by atoms with van der Waals surface area (Å²) in [4.78, 5) is 11.8. The molecule has 0 aliphatic carbocycles. The van der Waals surface area contributed by atoms with E-state index in [1.807, 2.05) is 6.07 Å². The third kappa shape index (κ3) is 4.20. The zero-order valence-electron chi connectivity index (χ0n) is 10.5. The fourth-order valence-corrected chi connectivity index (χ4v) is 2.45. The Labute approximate surface area is 139 Å². The van der Waals surface area contributed by atoms with Gasteiger partial charge in [-0.25, -0.2) is 5.43 Å². The second kappa shape index (κ2) is 6.93. The molecule has 0 heterocycles. The maximum atomic E-state index is 11.8. The molecule has 2 aromatic carbocycles. The number of aromatic hydroxyl groups is 1. The number of nitrogens with zero attached hydrogens (tertiary/aromatic N) is 1. The molecule has 0 fully saturated rings. The molecular formula is C14H9BrCl2N2O2. The Balaban J connectivity index is 2.11. The number of halogens is 3. The van der Waals surface area contributed by atoms with Crippen molar-refractivity contribution in [2.24, 2.45) is 5.10 Å². The van der Waals surface area contributed by atoms with Gasteiger partial charge in [0.15, 0.2) is 0 Å². The minimum atomic E-state index is -0.375. The van der Waals surface area contributed by atoms with E-state index in [9.17, 15) is 9.90 Å². The summed E-state index contributed by atoms with van der Waals surface area (Å²) in [7, 11) is 0. The molecule has 108 valence electrons. The Hall–Kier alpha value is -1.56. The Morgan fingerprint density at radius 2 is 2.05 bits per heavy atom. The second-order valence-electron chi connectivity index (χ2n) is 4.03. The van der Waals surface area contributed by atoms with E-state index in [2.05, 4.69) is 26.5 Å². The zero-order chi connectivity index (χ0) is 15.4. The lowest BCUT2D eigenvalue weighted by atomic mass is 10.2. The Morgan fingerprint density at radius 1 is 1.29 bits per heavy atom. The van der Waals surface area contributed by atoms with Gasteiger partial charge in [-0.05, 0) is 30.3 Å². The van der Waals surface area contributed by atoms with Crippen molar-refractivity contribution in [1.29, 1.82) is 0 Å². The van der Waals surface area contributed by atoms with Crippen LogP contribution in [-0.4, -0.2) is 17.2 Å². The average molecular weight is 388 g/mol. The number of nitrogens with one attached hydrogen (secondary N) is 1. The number of hydrogen-bond acceptors (Lipinski definition) is 3.